The van der Waals surface area contributed by atoms with Crippen molar-refractivity contribution in [2.45, 2.75) is 66.2 Å². The summed E-state index contributed by atoms with van der Waals surface area (Å²) in [5.74, 6) is -0.918. The number of nitrogens with zero attached hydrogens (tertiary/aromatic N) is 1. The van der Waals surface area contributed by atoms with E-state index in [2.05, 4.69) is 26.8 Å². The minimum atomic E-state index is -0.728. The van der Waals surface area contributed by atoms with Crippen molar-refractivity contribution in [2.75, 3.05) is 13.2 Å². The molecule has 6 nitrogen and oxygen atoms in total. The molecule has 2 amide bonds. The number of likely N-dealkylation sites (tertiary alicyclic amines) is 1. The highest BCUT2D eigenvalue weighted by molar-refractivity contribution is 6.06. The second kappa shape index (κ2) is 6.91. The Morgan fingerprint density at radius 3 is 2.50 bits per heavy atom. The van der Waals surface area contributed by atoms with Crippen LogP contribution in [0.1, 0.15) is 66.2 Å². The fourth-order valence-corrected chi connectivity index (χ4v) is 9.34. The standard InChI is InChI=1S/C26H37NO5/c1-14(2)16-13-26-9-6-17-24(3,7-5-8-25(17,4)23(31)32)18(26)12-15(16)19-20(26)22(30)27(10-11-28)21(19)29/h13-15,17-20,28H,5-12H2,1-4H3,(H,31,32)/t15-,17-,18+,19-,20+,24+,25-,26-/m1/s1. The van der Waals surface area contributed by atoms with E-state index in [1.54, 1.807) is 0 Å². The predicted molar refractivity (Wildman–Crippen MR) is 118 cm³/mol. The smallest absolute Gasteiger partial charge is 0.309 e. The summed E-state index contributed by atoms with van der Waals surface area (Å²) >= 11 is 0. The number of allylic oxidation sites excluding steroid dienone is 2. The van der Waals surface area contributed by atoms with E-state index in [-0.39, 0.29) is 65.4 Å². The molecule has 1 aliphatic heterocycles. The van der Waals surface area contributed by atoms with Gasteiger partial charge in [0.2, 0.25) is 11.8 Å². The molecule has 2 bridgehead atoms. The van der Waals surface area contributed by atoms with Crippen molar-refractivity contribution >= 4 is 17.8 Å². The SMILES string of the molecule is CC(C)C1=C[C@]23CC[C@@H]4[C@](C)(CCC[C@@]4(C)C(=O)O)[C@@H]2C[C@H]1[C@H]1C(=O)N(CCO)C(=O)[C@H]13. The number of carbonyl (C=O) groups is 3. The number of imide groups is 1. The molecule has 2 N–H and O–H groups in total. The van der Waals surface area contributed by atoms with Crippen LogP contribution in [0.4, 0.5) is 0 Å². The van der Waals surface area contributed by atoms with E-state index in [9.17, 15) is 24.6 Å². The van der Waals surface area contributed by atoms with E-state index in [0.717, 1.165) is 32.1 Å². The van der Waals surface area contributed by atoms with Crippen LogP contribution in [0.3, 0.4) is 0 Å². The number of carboxylic acids is 1. The molecule has 6 rings (SSSR count). The number of hydrogen-bond donors (Lipinski definition) is 2. The molecule has 8 atom stereocenters. The monoisotopic (exact) mass is 443 g/mol. The van der Waals surface area contributed by atoms with E-state index in [1.165, 1.54) is 10.5 Å². The lowest BCUT2D eigenvalue weighted by Gasteiger charge is -2.68. The van der Waals surface area contributed by atoms with Crippen LogP contribution < -0.4 is 0 Å². The van der Waals surface area contributed by atoms with Crippen LogP contribution >= 0.6 is 0 Å². The predicted octanol–water partition coefficient (Wildman–Crippen LogP) is 3.49. The molecule has 176 valence electrons. The van der Waals surface area contributed by atoms with Gasteiger partial charge in [-0.2, -0.15) is 0 Å². The van der Waals surface area contributed by atoms with Gasteiger partial charge in [0.1, 0.15) is 0 Å². The van der Waals surface area contributed by atoms with Crippen LogP contribution in [-0.2, 0) is 14.4 Å². The van der Waals surface area contributed by atoms with Crippen molar-refractivity contribution in [1.29, 1.82) is 0 Å². The Balaban J connectivity index is 1.65. The maximum absolute atomic E-state index is 13.6. The molecular weight excluding hydrogens is 406 g/mol. The van der Waals surface area contributed by atoms with E-state index in [4.69, 9.17) is 0 Å². The van der Waals surface area contributed by atoms with Gasteiger partial charge in [0, 0.05) is 5.41 Å². The molecule has 4 fully saturated rings. The highest BCUT2D eigenvalue weighted by Crippen LogP contribution is 2.74. The summed E-state index contributed by atoms with van der Waals surface area (Å²) in [6.45, 7) is 8.44. The van der Waals surface area contributed by atoms with Crippen LogP contribution in [0.25, 0.3) is 0 Å². The average Bonchev–Trinajstić information content (AvgIpc) is 3.00. The zero-order chi connectivity index (χ0) is 23.2. The number of β-amino-alcohol motifs (C(OH)–C–C–N with tert-alkyl or cyclic N) is 1. The van der Waals surface area contributed by atoms with Crippen LogP contribution in [0.15, 0.2) is 11.6 Å². The number of carbonyl (C=O) groups excluding carboxylic acids is 2. The molecule has 0 radical (unpaired) electrons. The largest absolute Gasteiger partial charge is 0.481 e. The first-order chi connectivity index (χ1) is 15.0. The molecule has 6 aliphatic rings. The first-order valence-electron chi connectivity index (χ1n) is 12.4. The topological polar surface area (TPSA) is 94.9 Å². The Morgan fingerprint density at radius 2 is 1.88 bits per heavy atom. The average molecular weight is 444 g/mol. The molecule has 0 aromatic heterocycles. The van der Waals surface area contributed by atoms with E-state index in [1.807, 2.05) is 6.92 Å². The van der Waals surface area contributed by atoms with Crippen LogP contribution in [0.5, 0.6) is 0 Å². The molecule has 5 aliphatic carbocycles. The van der Waals surface area contributed by atoms with Crippen LogP contribution in [0, 0.1) is 51.8 Å². The lowest BCUT2D eigenvalue weighted by atomic mass is 9.34. The minimum absolute atomic E-state index is 0.0422. The third-order valence-corrected chi connectivity index (χ3v) is 10.6. The molecule has 3 saturated carbocycles. The highest BCUT2D eigenvalue weighted by atomic mass is 16.4. The van der Waals surface area contributed by atoms with Gasteiger partial charge in [0.15, 0.2) is 0 Å². The summed E-state index contributed by atoms with van der Waals surface area (Å²) in [5, 5.41) is 19.7. The normalized spacial score (nSPS) is 47.2. The Labute approximate surface area is 190 Å². The van der Waals surface area contributed by atoms with Gasteiger partial charge in [-0.3, -0.25) is 19.3 Å². The zero-order valence-corrected chi connectivity index (χ0v) is 19.8. The van der Waals surface area contributed by atoms with Gasteiger partial charge in [-0.05, 0) is 68.1 Å². The van der Waals surface area contributed by atoms with Gasteiger partial charge in [-0.25, -0.2) is 0 Å². The molecule has 0 aromatic rings. The van der Waals surface area contributed by atoms with Crippen molar-refractivity contribution in [2.24, 2.45) is 51.8 Å². The molecule has 6 heteroatoms. The number of aliphatic hydroxyl groups excluding tert-OH is 1. The van der Waals surface area contributed by atoms with Gasteiger partial charge in [-0.1, -0.05) is 38.8 Å². The van der Waals surface area contributed by atoms with Crippen molar-refractivity contribution in [3.8, 4) is 0 Å². The third kappa shape index (κ3) is 2.48. The summed E-state index contributed by atoms with van der Waals surface area (Å²) in [6.07, 6.45) is 7.42. The Bertz CT molecular complexity index is 910. The van der Waals surface area contributed by atoms with Gasteiger partial charge in [0.25, 0.3) is 0 Å². The number of carboxylic acid groups (broad SMARTS) is 1. The number of aliphatic carboxylic acids is 1. The number of rotatable bonds is 4. The van der Waals surface area contributed by atoms with Crippen molar-refractivity contribution in [3.05, 3.63) is 11.6 Å². The number of fused-ring (bicyclic) bond motifs is 1. The summed E-state index contributed by atoms with van der Waals surface area (Å²) in [7, 11) is 0. The summed E-state index contributed by atoms with van der Waals surface area (Å²) in [4.78, 5) is 40.7. The van der Waals surface area contributed by atoms with Crippen molar-refractivity contribution < 1.29 is 24.6 Å². The lowest BCUT2D eigenvalue weighted by Crippen LogP contribution is -2.65. The maximum atomic E-state index is 13.6. The summed E-state index contributed by atoms with van der Waals surface area (Å²) in [6, 6.07) is 0. The number of hydrogen-bond acceptors (Lipinski definition) is 4. The van der Waals surface area contributed by atoms with Gasteiger partial charge < -0.3 is 10.2 Å². The first kappa shape index (κ1) is 22.1. The minimum Gasteiger partial charge on any atom is -0.481 e. The molecule has 32 heavy (non-hydrogen) atoms. The van der Waals surface area contributed by atoms with E-state index in [0.29, 0.717) is 12.3 Å². The molecular formula is C26H37NO5. The van der Waals surface area contributed by atoms with Crippen LogP contribution in [-0.4, -0.2) is 46.0 Å². The Kier molecular flexibility index (Phi) is 4.78. The first-order valence-corrected chi connectivity index (χ1v) is 12.4. The Morgan fingerprint density at radius 1 is 1.16 bits per heavy atom. The quantitative estimate of drug-likeness (QED) is 0.512. The molecule has 1 spiro atoms. The maximum Gasteiger partial charge on any atom is 0.309 e. The van der Waals surface area contributed by atoms with Crippen molar-refractivity contribution in [3.63, 3.8) is 0 Å². The second-order valence-corrected chi connectivity index (χ2v) is 12.0. The fraction of sp³-hybridized carbons (Fsp3) is 0.808. The molecule has 0 unspecified atom stereocenters. The fourth-order valence-electron chi connectivity index (χ4n) is 9.34. The second-order valence-electron chi connectivity index (χ2n) is 12.0. The van der Waals surface area contributed by atoms with Gasteiger partial charge >= 0.3 is 5.97 Å². The molecule has 1 saturated heterocycles. The van der Waals surface area contributed by atoms with E-state index >= 15 is 0 Å². The molecule has 0 aromatic carbocycles. The summed E-state index contributed by atoms with van der Waals surface area (Å²) in [5.41, 5.74) is 0.0547. The van der Waals surface area contributed by atoms with Crippen LogP contribution in [0.2, 0.25) is 0 Å². The van der Waals surface area contributed by atoms with Gasteiger partial charge in [-0.15, -0.1) is 0 Å². The Hall–Kier alpha value is -1.69. The van der Waals surface area contributed by atoms with Crippen molar-refractivity contribution in [1.82, 2.24) is 4.90 Å². The third-order valence-electron chi connectivity index (χ3n) is 10.6. The lowest BCUT2D eigenvalue weighted by molar-refractivity contribution is -0.194. The van der Waals surface area contributed by atoms with Gasteiger partial charge in [0.05, 0.1) is 30.4 Å². The highest BCUT2D eigenvalue weighted by Gasteiger charge is 2.73. The van der Waals surface area contributed by atoms with E-state index < -0.39 is 11.4 Å². The molecule has 1 heterocycles. The number of amides is 2. The zero-order valence-electron chi connectivity index (χ0n) is 19.8. The number of aliphatic hydroxyl groups is 1. The summed E-state index contributed by atoms with van der Waals surface area (Å²) < 4.78 is 0.